The molecule has 0 radical (unpaired) electrons. The van der Waals surface area contributed by atoms with E-state index in [1.807, 2.05) is 13.8 Å². The fourth-order valence-electron chi connectivity index (χ4n) is 1.50. The Bertz CT molecular complexity index is 286. The molecule has 1 aliphatic rings. The molecule has 0 amide bonds. The summed E-state index contributed by atoms with van der Waals surface area (Å²) in [5.41, 5.74) is 0. The van der Waals surface area contributed by atoms with Gasteiger partial charge >= 0.3 is 0 Å². The Morgan fingerprint density at radius 2 is 2.00 bits per heavy atom. The number of nitrogens with zero attached hydrogens (tertiary/aromatic N) is 1. The molecule has 15 heavy (non-hydrogen) atoms. The van der Waals surface area contributed by atoms with Gasteiger partial charge in [0.15, 0.2) is 0 Å². The maximum atomic E-state index is 12.0. The fraction of sp³-hybridized carbons (Fsp3) is 1.00. The topological polar surface area (TPSA) is 37.4 Å². The predicted octanol–water partition coefficient (Wildman–Crippen LogP) is 2.07. The van der Waals surface area contributed by atoms with Crippen LogP contribution in [-0.4, -0.2) is 36.9 Å². The molecule has 0 aromatic carbocycles. The van der Waals surface area contributed by atoms with Crippen LogP contribution >= 0.6 is 11.6 Å². The lowest BCUT2D eigenvalue weighted by molar-refractivity contribution is 0.419. The first-order valence-corrected chi connectivity index (χ1v) is 7.67. The number of sulfonamides is 1. The van der Waals surface area contributed by atoms with Gasteiger partial charge in [-0.15, -0.1) is 11.6 Å². The van der Waals surface area contributed by atoms with E-state index in [-0.39, 0.29) is 11.8 Å². The highest BCUT2D eigenvalue weighted by atomic mass is 35.5. The van der Waals surface area contributed by atoms with Crippen LogP contribution in [0.25, 0.3) is 0 Å². The van der Waals surface area contributed by atoms with Crippen molar-refractivity contribution >= 4 is 21.6 Å². The second-order valence-electron chi connectivity index (χ2n) is 4.53. The number of hydrogen-bond donors (Lipinski definition) is 0. The summed E-state index contributed by atoms with van der Waals surface area (Å²) in [6.07, 6.45) is 2.73. The molecule has 0 aromatic heterocycles. The minimum atomic E-state index is -3.07. The van der Waals surface area contributed by atoms with E-state index in [4.69, 9.17) is 11.6 Å². The average molecular weight is 254 g/mol. The summed E-state index contributed by atoms with van der Waals surface area (Å²) in [4.78, 5) is 0. The molecular formula is C10H20ClNO2S. The van der Waals surface area contributed by atoms with E-state index in [0.29, 0.717) is 18.3 Å². The van der Waals surface area contributed by atoms with Crippen LogP contribution < -0.4 is 0 Å². The molecule has 0 aromatic rings. The molecule has 0 spiro atoms. The summed E-state index contributed by atoms with van der Waals surface area (Å²) in [6.45, 7) is 4.55. The average Bonchev–Trinajstić information content (AvgIpc) is 2.94. The lowest BCUT2D eigenvalue weighted by Crippen LogP contribution is -2.36. The van der Waals surface area contributed by atoms with E-state index in [1.165, 1.54) is 0 Å². The van der Waals surface area contributed by atoms with E-state index >= 15 is 0 Å². The summed E-state index contributed by atoms with van der Waals surface area (Å²) < 4.78 is 25.5. The summed E-state index contributed by atoms with van der Waals surface area (Å²) >= 11 is 5.63. The zero-order chi connectivity index (χ0) is 11.5. The molecule has 1 aliphatic carbocycles. The highest BCUT2D eigenvalue weighted by molar-refractivity contribution is 7.89. The van der Waals surface area contributed by atoms with Crippen molar-refractivity contribution in [1.82, 2.24) is 4.31 Å². The van der Waals surface area contributed by atoms with Gasteiger partial charge in [0.2, 0.25) is 10.0 Å². The van der Waals surface area contributed by atoms with Crippen molar-refractivity contribution in [2.24, 2.45) is 5.92 Å². The Morgan fingerprint density at radius 3 is 2.40 bits per heavy atom. The van der Waals surface area contributed by atoms with Gasteiger partial charge in [0, 0.05) is 18.5 Å². The maximum Gasteiger partial charge on any atom is 0.214 e. The third-order valence-electron chi connectivity index (χ3n) is 2.57. The smallest absolute Gasteiger partial charge is 0.212 e. The summed E-state index contributed by atoms with van der Waals surface area (Å²) in [5.74, 6) is 1.08. The quantitative estimate of drug-likeness (QED) is 0.652. The Kier molecular flexibility index (Phi) is 4.87. The molecule has 3 nitrogen and oxygen atoms in total. The van der Waals surface area contributed by atoms with Gasteiger partial charge in [0.1, 0.15) is 0 Å². The highest BCUT2D eigenvalue weighted by Gasteiger charge is 2.36. The molecule has 1 saturated carbocycles. The Labute approximate surface area is 97.8 Å². The molecule has 1 rings (SSSR count). The fourth-order valence-corrected chi connectivity index (χ4v) is 3.82. The van der Waals surface area contributed by atoms with Crippen molar-refractivity contribution in [2.45, 2.75) is 39.2 Å². The van der Waals surface area contributed by atoms with Gasteiger partial charge in [-0.2, -0.15) is 4.31 Å². The zero-order valence-corrected chi connectivity index (χ0v) is 11.0. The molecule has 0 unspecified atom stereocenters. The molecule has 0 atom stereocenters. The number of halogens is 1. The van der Waals surface area contributed by atoms with Crippen molar-refractivity contribution < 1.29 is 8.42 Å². The van der Waals surface area contributed by atoms with Gasteiger partial charge in [-0.3, -0.25) is 0 Å². The molecule has 0 aliphatic heterocycles. The van der Waals surface area contributed by atoms with Crippen molar-refractivity contribution in [2.75, 3.05) is 18.2 Å². The van der Waals surface area contributed by atoms with E-state index in [0.717, 1.165) is 19.3 Å². The van der Waals surface area contributed by atoms with E-state index in [2.05, 4.69) is 0 Å². The zero-order valence-electron chi connectivity index (χ0n) is 9.45. The third-order valence-corrected chi connectivity index (χ3v) is 4.69. The third kappa shape index (κ3) is 4.29. The minimum Gasteiger partial charge on any atom is -0.212 e. The van der Waals surface area contributed by atoms with Crippen LogP contribution in [0.4, 0.5) is 0 Å². The number of alkyl halides is 1. The van der Waals surface area contributed by atoms with Crippen molar-refractivity contribution in [3.05, 3.63) is 0 Å². The predicted molar refractivity (Wildman–Crippen MR) is 63.7 cm³/mol. The second kappa shape index (κ2) is 5.51. The lowest BCUT2D eigenvalue weighted by Gasteiger charge is -2.21. The standard InChI is InChI=1S/C10H20ClNO2S/c1-9(2)5-8-15(13,14)12(7-6-11)10-3-4-10/h9-10H,3-8H2,1-2H3. The SMILES string of the molecule is CC(C)CCS(=O)(=O)N(CCCl)C1CC1. The van der Waals surface area contributed by atoms with Crippen molar-refractivity contribution in [3.63, 3.8) is 0 Å². The lowest BCUT2D eigenvalue weighted by atomic mass is 10.2. The van der Waals surface area contributed by atoms with Crippen molar-refractivity contribution in [1.29, 1.82) is 0 Å². The van der Waals surface area contributed by atoms with E-state index < -0.39 is 10.0 Å². The molecule has 0 heterocycles. The Morgan fingerprint density at radius 1 is 1.40 bits per heavy atom. The Hall–Kier alpha value is 0.200. The normalized spacial score (nSPS) is 17.7. The van der Waals surface area contributed by atoms with Crippen LogP contribution in [0.2, 0.25) is 0 Å². The molecule has 1 fully saturated rings. The molecule has 0 N–H and O–H groups in total. The highest BCUT2D eigenvalue weighted by Crippen LogP contribution is 2.29. The van der Waals surface area contributed by atoms with E-state index in [9.17, 15) is 8.42 Å². The first-order chi connectivity index (χ1) is 6.97. The molecule has 0 bridgehead atoms. The van der Waals surface area contributed by atoms with Crippen molar-refractivity contribution in [3.8, 4) is 0 Å². The first kappa shape index (κ1) is 13.3. The first-order valence-electron chi connectivity index (χ1n) is 5.53. The van der Waals surface area contributed by atoms with Gasteiger partial charge < -0.3 is 0 Å². The molecular weight excluding hydrogens is 234 g/mol. The summed E-state index contributed by atoms with van der Waals surface area (Å²) in [5, 5.41) is 0. The van der Waals surface area contributed by atoms with Gasteiger partial charge in [-0.25, -0.2) is 8.42 Å². The number of rotatable bonds is 7. The second-order valence-corrected chi connectivity index (χ2v) is 6.95. The monoisotopic (exact) mass is 253 g/mol. The van der Waals surface area contributed by atoms with Gasteiger partial charge in [0.25, 0.3) is 0 Å². The summed E-state index contributed by atoms with van der Waals surface area (Å²) in [7, 11) is -3.07. The Balaban J connectivity index is 2.55. The van der Waals surface area contributed by atoms with Gasteiger partial charge in [-0.1, -0.05) is 13.8 Å². The number of hydrogen-bond acceptors (Lipinski definition) is 2. The van der Waals surface area contributed by atoms with Crippen LogP contribution in [-0.2, 0) is 10.0 Å². The molecule has 90 valence electrons. The largest absolute Gasteiger partial charge is 0.214 e. The van der Waals surface area contributed by atoms with Crippen LogP contribution in [0.15, 0.2) is 0 Å². The maximum absolute atomic E-state index is 12.0. The van der Waals surface area contributed by atoms with Gasteiger partial charge in [-0.05, 0) is 25.2 Å². The minimum absolute atomic E-state index is 0.237. The van der Waals surface area contributed by atoms with Crippen LogP contribution in [0.1, 0.15) is 33.1 Å². The molecule has 5 heteroatoms. The van der Waals surface area contributed by atoms with Crippen LogP contribution in [0.5, 0.6) is 0 Å². The molecule has 0 saturated heterocycles. The van der Waals surface area contributed by atoms with Gasteiger partial charge in [0.05, 0.1) is 5.75 Å². The summed E-state index contributed by atoms with van der Waals surface area (Å²) in [6, 6.07) is 0.237. The van der Waals surface area contributed by atoms with Crippen LogP contribution in [0.3, 0.4) is 0 Å². The van der Waals surface area contributed by atoms with E-state index in [1.54, 1.807) is 4.31 Å². The van der Waals surface area contributed by atoms with Crippen LogP contribution in [0, 0.1) is 5.92 Å².